The van der Waals surface area contributed by atoms with Crippen LogP contribution < -0.4 is 5.11 Å². The summed E-state index contributed by atoms with van der Waals surface area (Å²) in [5, 5.41) is 26.9. The lowest BCUT2D eigenvalue weighted by molar-refractivity contribution is -0.297. The largest absolute Gasteiger partial charge is 0.545 e. The summed E-state index contributed by atoms with van der Waals surface area (Å²) in [5.74, 6) is -2.13. The molecule has 8 heteroatoms. The number of methoxy groups -OCH3 is 1. The van der Waals surface area contributed by atoms with Gasteiger partial charge in [-0.1, -0.05) is 6.92 Å². The van der Waals surface area contributed by atoms with Crippen molar-refractivity contribution >= 4 is 11.9 Å². The fourth-order valence-corrected chi connectivity index (χ4v) is 0.755. The van der Waals surface area contributed by atoms with E-state index in [2.05, 4.69) is 4.74 Å². The maximum atomic E-state index is 10.1. The highest BCUT2D eigenvalue weighted by atomic mass is 16.6. The van der Waals surface area contributed by atoms with Crippen molar-refractivity contribution < 1.29 is 39.1 Å². The molecule has 1 atom stereocenters. The minimum absolute atomic E-state index is 0.0273. The van der Waals surface area contributed by atoms with Crippen LogP contribution in [0.15, 0.2) is 12.2 Å². The molecule has 20 heavy (non-hydrogen) atoms. The molecule has 118 valence electrons. The van der Waals surface area contributed by atoms with E-state index in [1.807, 2.05) is 6.92 Å². The van der Waals surface area contributed by atoms with Gasteiger partial charge in [-0.2, -0.15) is 0 Å². The molecule has 0 aromatic carbocycles. The van der Waals surface area contributed by atoms with Crippen molar-refractivity contribution in [1.29, 1.82) is 0 Å². The van der Waals surface area contributed by atoms with Crippen molar-refractivity contribution in [2.75, 3.05) is 33.5 Å². The summed E-state index contributed by atoms with van der Waals surface area (Å²) in [4.78, 5) is 19.7. The Bertz CT molecular complexity index is 277. The number of carbonyl (C=O) groups is 2. The molecule has 0 radical (unpaired) electrons. The molecule has 0 fully saturated rings. The highest BCUT2D eigenvalue weighted by Crippen LogP contribution is 1.89. The second-order valence-electron chi connectivity index (χ2n) is 3.30. The number of aliphatic carboxylic acids is 1. The van der Waals surface area contributed by atoms with Crippen molar-refractivity contribution in [3.05, 3.63) is 12.2 Å². The first-order chi connectivity index (χ1) is 9.47. The Balaban J connectivity index is 0. The number of aliphatic hydroxyl groups is 2. The molecular weight excluding hydrogens is 272 g/mol. The smallest absolute Gasteiger partial charge is 0.330 e. The SMILES string of the molecule is CCCOC(O)COCCO.COC(=O)/C=C/C(=O)[O-]. The topological polar surface area (TPSA) is 125 Å². The van der Waals surface area contributed by atoms with Crippen molar-refractivity contribution in [1.82, 2.24) is 0 Å². The maximum Gasteiger partial charge on any atom is 0.330 e. The normalized spacial score (nSPS) is 11.6. The molecule has 0 saturated heterocycles. The highest BCUT2D eigenvalue weighted by molar-refractivity contribution is 5.89. The van der Waals surface area contributed by atoms with Crippen LogP contribution in [0, 0.1) is 0 Å². The second-order valence-corrected chi connectivity index (χ2v) is 3.30. The Morgan fingerprint density at radius 3 is 2.40 bits per heavy atom. The average molecular weight is 293 g/mol. The fraction of sp³-hybridized carbons (Fsp3) is 0.667. The third-order valence-electron chi connectivity index (χ3n) is 1.57. The number of aliphatic hydroxyl groups excluding tert-OH is 2. The molecular formula is C12H21O8-. The molecule has 0 aromatic heterocycles. The standard InChI is InChI=1S/C7H16O4.C5H6O4/c1-2-4-11-7(9)6-10-5-3-8;1-9-5(8)3-2-4(6)7/h7-9H,2-6H2,1H3;2-3H,1H3,(H,6,7)/p-1/b;3-2+. The van der Waals surface area contributed by atoms with Gasteiger partial charge in [-0.25, -0.2) is 4.79 Å². The number of carboxylic acid groups (broad SMARTS) is 1. The van der Waals surface area contributed by atoms with E-state index in [9.17, 15) is 14.7 Å². The zero-order chi connectivity index (χ0) is 15.8. The molecule has 8 nitrogen and oxygen atoms in total. The van der Waals surface area contributed by atoms with E-state index < -0.39 is 18.2 Å². The van der Waals surface area contributed by atoms with Crippen molar-refractivity contribution in [3.63, 3.8) is 0 Å². The van der Waals surface area contributed by atoms with E-state index in [1.165, 1.54) is 0 Å². The molecule has 0 aliphatic rings. The molecule has 0 bridgehead atoms. The lowest BCUT2D eigenvalue weighted by atomic mass is 10.5. The molecule has 0 rings (SSSR count). The zero-order valence-corrected chi connectivity index (χ0v) is 11.6. The number of rotatable bonds is 9. The first-order valence-corrected chi connectivity index (χ1v) is 5.93. The van der Waals surface area contributed by atoms with Crippen molar-refractivity contribution in [2.24, 2.45) is 0 Å². The van der Waals surface area contributed by atoms with Crippen molar-refractivity contribution in [2.45, 2.75) is 19.6 Å². The van der Waals surface area contributed by atoms with E-state index in [1.54, 1.807) is 0 Å². The predicted molar refractivity (Wildman–Crippen MR) is 66.3 cm³/mol. The number of ether oxygens (including phenoxy) is 3. The van der Waals surface area contributed by atoms with E-state index >= 15 is 0 Å². The Kier molecular flexibility index (Phi) is 16.2. The van der Waals surface area contributed by atoms with E-state index in [-0.39, 0.29) is 19.8 Å². The van der Waals surface area contributed by atoms with Gasteiger partial charge < -0.3 is 34.3 Å². The highest BCUT2D eigenvalue weighted by Gasteiger charge is 2.01. The van der Waals surface area contributed by atoms with Gasteiger partial charge in [0.2, 0.25) is 0 Å². The molecule has 0 heterocycles. The molecule has 0 amide bonds. The number of hydrogen-bond donors (Lipinski definition) is 2. The van der Waals surface area contributed by atoms with E-state index in [4.69, 9.17) is 19.7 Å². The third-order valence-corrected chi connectivity index (χ3v) is 1.57. The number of carboxylic acids is 1. The lowest BCUT2D eigenvalue weighted by Gasteiger charge is -2.10. The quantitative estimate of drug-likeness (QED) is 0.221. The zero-order valence-electron chi connectivity index (χ0n) is 11.6. The third kappa shape index (κ3) is 18.9. The van der Waals surface area contributed by atoms with Crippen LogP contribution in [-0.2, 0) is 23.8 Å². The first-order valence-electron chi connectivity index (χ1n) is 5.93. The maximum absolute atomic E-state index is 10.1. The molecule has 0 aromatic rings. The number of carbonyl (C=O) groups excluding carboxylic acids is 2. The Labute approximate surface area is 117 Å². The summed E-state index contributed by atoms with van der Waals surface area (Å²) in [7, 11) is 1.15. The summed E-state index contributed by atoms with van der Waals surface area (Å²) in [6.07, 6.45) is 1.39. The fourth-order valence-electron chi connectivity index (χ4n) is 0.755. The lowest BCUT2D eigenvalue weighted by Crippen LogP contribution is -2.20. The predicted octanol–water partition coefficient (Wildman–Crippen LogP) is -1.79. The summed E-state index contributed by atoms with van der Waals surface area (Å²) >= 11 is 0. The van der Waals surface area contributed by atoms with Gasteiger partial charge in [-0.15, -0.1) is 0 Å². The summed E-state index contributed by atoms with van der Waals surface area (Å²) < 4.78 is 13.8. The molecule has 0 aliphatic carbocycles. The monoisotopic (exact) mass is 293 g/mol. The molecule has 0 aliphatic heterocycles. The number of esters is 1. The number of hydrogen-bond acceptors (Lipinski definition) is 8. The van der Waals surface area contributed by atoms with Crippen LogP contribution in [-0.4, -0.2) is 62.0 Å². The minimum atomic E-state index is -1.42. The summed E-state index contributed by atoms with van der Waals surface area (Å²) in [5.41, 5.74) is 0. The Hall–Kier alpha value is -1.48. The van der Waals surface area contributed by atoms with E-state index in [0.29, 0.717) is 12.7 Å². The van der Waals surface area contributed by atoms with Gasteiger partial charge in [-0.05, 0) is 12.5 Å². The summed E-state index contributed by atoms with van der Waals surface area (Å²) in [6, 6.07) is 0. The first kappa shape index (κ1) is 20.8. The van der Waals surface area contributed by atoms with Gasteiger partial charge in [0.15, 0.2) is 6.29 Å². The van der Waals surface area contributed by atoms with Crippen LogP contribution in [0.1, 0.15) is 13.3 Å². The Morgan fingerprint density at radius 2 is 1.95 bits per heavy atom. The van der Waals surface area contributed by atoms with Crippen LogP contribution in [0.3, 0.4) is 0 Å². The molecule has 1 unspecified atom stereocenters. The molecule has 2 N–H and O–H groups in total. The van der Waals surface area contributed by atoms with Gasteiger partial charge in [0.25, 0.3) is 0 Å². The average Bonchev–Trinajstić information content (AvgIpc) is 2.43. The molecule has 0 saturated carbocycles. The van der Waals surface area contributed by atoms with Crippen molar-refractivity contribution in [3.8, 4) is 0 Å². The van der Waals surface area contributed by atoms with Crippen LogP contribution in [0.25, 0.3) is 0 Å². The minimum Gasteiger partial charge on any atom is -0.545 e. The van der Waals surface area contributed by atoms with Crippen LogP contribution in [0.5, 0.6) is 0 Å². The van der Waals surface area contributed by atoms with Gasteiger partial charge in [0.05, 0.1) is 32.9 Å². The molecule has 0 spiro atoms. The Morgan fingerprint density at radius 1 is 1.30 bits per heavy atom. The van der Waals surface area contributed by atoms with Crippen LogP contribution >= 0.6 is 0 Å². The summed E-state index contributed by atoms with van der Waals surface area (Å²) in [6.45, 7) is 2.83. The van der Waals surface area contributed by atoms with Gasteiger partial charge in [0, 0.05) is 12.7 Å². The van der Waals surface area contributed by atoms with Gasteiger partial charge in [-0.3, -0.25) is 0 Å². The van der Waals surface area contributed by atoms with Gasteiger partial charge in [0.1, 0.15) is 0 Å². The van der Waals surface area contributed by atoms with E-state index in [0.717, 1.165) is 19.6 Å². The van der Waals surface area contributed by atoms with Crippen LogP contribution in [0.4, 0.5) is 0 Å². The second kappa shape index (κ2) is 15.6. The van der Waals surface area contributed by atoms with Gasteiger partial charge >= 0.3 is 5.97 Å². The van der Waals surface area contributed by atoms with Crippen LogP contribution in [0.2, 0.25) is 0 Å².